The molecule has 132 valence electrons. The van der Waals surface area contributed by atoms with Gasteiger partial charge in [0.2, 0.25) is 0 Å². The number of nitro benzene ring substituents is 1. The Bertz CT molecular complexity index is 888. The van der Waals surface area contributed by atoms with Crippen LogP contribution in [-0.2, 0) is 10.0 Å². The molecule has 2 heterocycles. The van der Waals surface area contributed by atoms with Crippen LogP contribution < -0.4 is 4.90 Å². The Morgan fingerprint density at radius 2 is 1.88 bits per heavy atom. The summed E-state index contributed by atoms with van der Waals surface area (Å²) in [6.07, 6.45) is 0.558. The number of carbonyl (C=O) groups is 1. The van der Waals surface area contributed by atoms with Crippen molar-refractivity contribution >= 4 is 39.0 Å². The molecule has 0 atom stereocenters. The lowest BCUT2D eigenvalue weighted by Gasteiger charge is -2.34. The van der Waals surface area contributed by atoms with Gasteiger partial charge in [0, 0.05) is 37.8 Å². The monoisotopic (exact) mass is 381 g/mol. The van der Waals surface area contributed by atoms with E-state index < -0.39 is 14.9 Å². The van der Waals surface area contributed by atoms with Crippen molar-refractivity contribution in [2.24, 2.45) is 0 Å². The highest BCUT2D eigenvalue weighted by Gasteiger charge is 2.31. The Morgan fingerprint density at radius 3 is 2.44 bits per heavy atom. The molecular formula is C15H15N3O5S2. The molecule has 0 bridgehead atoms. The number of carbonyl (C=O) groups excluding carboxylic acids is 1. The van der Waals surface area contributed by atoms with Gasteiger partial charge in [-0.15, -0.1) is 11.3 Å². The van der Waals surface area contributed by atoms with E-state index in [4.69, 9.17) is 0 Å². The smallest absolute Gasteiger partial charge is 0.293 e. The van der Waals surface area contributed by atoms with Crippen molar-refractivity contribution in [3.8, 4) is 0 Å². The summed E-state index contributed by atoms with van der Waals surface area (Å²) < 4.78 is 26.7. The van der Waals surface area contributed by atoms with Crippen LogP contribution in [0.3, 0.4) is 0 Å². The largest absolute Gasteiger partial charge is 0.363 e. The van der Waals surface area contributed by atoms with Gasteiger partial charge in [-0.05, 0) is 23.6 Å². The Balaban J connectivity index is 1.79. The lowest BCUT2D eigenvalue weighted by molar-refractivity contribution is -0.384. The highest BCUT2D eigenvalue weighted by atomic mass is 32.2. The zero-order chi connectivity index (χ0) is 18.0. The molecular weight excluding hydrogens is 366 g/mol. The third-order valence-electron chi connectivity index (χ3n) is 4.00. The summed E-state index contributed by atoms with van der Waals surface area (Å²) in [6.45, 7) is 1.16. The maximum atomic E-state index is 12.5. The molecule has 10 heteroatoms. The SMILES string of the molecule is O=Cc1ccc(N2CCN(S(=O)(=O)c3cccs3)CC2)c([N+](=O)[O-])c1. The minimum absolute atomic E-state index is 0.154. The van der Waals surface area contributed by atoms with Crippen LogP contribution in [0.25, 0.3) is 0 Å². The normalized spacial score (nSPS) is 15.9. The molecule has 0 aliphatic carbocycles. The van der Waals surface area contributed by atoms with E-state index in [0.717, 1.165) is 0 Å². The molecule has 1 fully saturated rings. The molecule has 0 spiro atoms. The number of nitro groups is 1. The van der Waals surface area contributed by atoms with Crippen molar-refractivity contribution in [1.29, 1.82) is 0 Å². The van der Waals surface area contributed by atoms with Crippen LogP contribution in [0.4, 0.5) is 11.4 Å². The number of piperazine rings is 1. The number of aldehydes is 1. The zero-order valence-corrected chi connectivity index (χ0v) is 14.7. The van der Waals surface area contributed by atoms with E-state index in [1.807, 2.05) is 0 Å². The molecule has 1 aromatic heterocycles. The van der Waals surface area contributed by atoms with Crippen molar-refractivity contribution in [1.82, 2.24) is 4.31 Å². The Morgan fingerprint density at radius 1 is 1.16 bits per heavy atom. The molecule has 0 N–H and O–H groups in total. The summed E-state index contributed by atoms with van der Waals surface area (Å²) in [5.74, 6) is 0. The molecule has 0 saturated carbocycles. The first-order chi connectivity index (χ1) is 11.9. The van der Waals surface area contributed by atoms with Gasteiger partial charge in [0.15, 0.2) is 0 Å². The van der Waals surface area contributed by atoms with Crippen molar-refractivity contribution in [2.45, 2.75) is 4.21 Å². The van der Waals surface area contributed by atoms with Crippen LogP contribution in [0.2, 0.25) is 0 Å². The fraction of sp³-hybridized carbons (Fsp3) is 0.267. The average Bonchev–Trinajstić information content (AvgIpc) is 3.17. The number of nitrogens with zero attached hydrogens (tertiary/aromatic N) is 3. The van der Waals surface area contributed by atoms with E-state index in [-0.39, 0.29) is 24.3 Å². The topological polar surface area (TPSA) is 101 Å². The number of sulfonamides is 1. The molecule has 1 aliphatic rings. The van der Waals surface area contributed by atoms with Gasteiger partial charge < -0.3 is 4.90 Å². The van der Waals surface area contributed by atoms with Crippen molar-refractivity contribution < 1.29 is 18.1 Å². The number of benzene rings is 1. The second-order valence-corrected chi connectivity index (χ2v) is 8.56. The molecule has 1 aromatic carbocycles. The fourth-order valence-corrected chi connectivity index (χ4v) is 5.30. The van der Waals surface area contributed by atoms with E-state index in [1.165, 1.54) is 33.8 Å². The molecule has 0 unspecified atom stereocenters. The van der Waals surface area contributed by atoms with Crippen LogP contribution in [0.5, 0.6) is 0 Å². The Kier molecular flexibility index (Phi) is 4.84. The third kappa shape index (κ3) is 3.41. The predicted octanol–water partition coefficient (Wildman–Crippen LogP) is 1.98. The van der Waals surface area contributed by atoms with Gasteiger partial charge in [-0.25, -0.2) is 8.42 Å². The quantitative estimate of drug-likeness (QED) is 0.446. The maximum Gasteiger partial charge on any atom is 0.293 e. The summed E-state index contributed by atoms with van der Waals surface area (Å²) >= 11 is 1.17. The molecule has 25 heavy (non-hydrogen) atoms. The second kappa shape index (κ2) is 6.90. The van der Waals surface area contributed by atoms with E-state index in [1.54, 1.807) is 22.4 Å². The minimum atomic E-state index is -3.52. The first-order valence-electron chi connectivity index (χ1n) is 7.45. The molecule has 8 nitrogen and oxygen atoms in total. The van der Waals surface area contributed by atoms with Crippen molar-refractivity contribution in [3.63, 3.8) is 0 Å². The molecule has 1 aliphatic heterocycles. The van der Waals surface area contributed by atoms with Crippen LogP contribution in [0.15, 0.2) is 39.9 Å². The molecule has 1 saturated heterocycles. The lowest BCUT2D eigenvalue weighted by Crippen LogP contribution is -2.48. The first kappa shape index (κ1) is 17.5. The lowest BCUT2D eigenvalue weighted by atomic mass is 10.1. The van der Waals surface area contributed by atoms with Gasteiger partial charge in [-0.1, -0.05) is 6.07 Å². The highest BCUT2D eigenvalue weighted by Crippen LogP contribution is 2.31. The summed E-state index contributed by atoms with van der Waals surface area (Å²) in [5, 5.41) is 13.0. The number of thiophene rings is 1. The van der Waals surface area contributed by atoms with E-state index in [2.05, 4.69) is 0 Å². The van der Waals surface area contributed by atoms with Gasteiger partial charge >= 0.3 is 0 Å². The standard InChI is InChI=1S/C15H15N3O5S2/c19-11-12-3-4-13(14(10-12)18(20)21)16-5-7-17(8-6-16)25(22,23)15-2-1-9-24-15/h1-4,9-11H,5-8H2. The van der Waals surface area contributed by atoms with Crippen molar-refractivity contribution in [2.75, 3.05) is 31.1 Å². The van der Waals surface area contributed by atoms with Gasteiger partial charge in [-0.2, -0.15) is 4.31 Å². The van der Waals surface area contributed by atoms with E-state index >= 15 is 0 Å². The zero-order valence-electron chi connectivity index (χ0n) is 13.1. The van der Waals surface area contributed by atoms with E-state index in [0.29, 0.717) is 29.3 Å². The molecule has 0 radical (unpaired) electrons. The Labute approximate surface area is 148 Å². The minimum Gasteiger partial charge on any atom is -0.363 e. The summed E-state index contributed by atoms with van der Waals surface area (Å²) in [4.78, 5) is 23.3. The summed E-state index contributed by atoms with van der Waals surface area (Å²) in [6, 6.07) is 7.54. The highest BCUT2D eigenvalue weighted by molar-refractivity contribution is 7.91. The fourth-order valence-electron chi connectivity index (χ4n) is 2.73. The third-order valence-corrected chi connectivity index (χ3v) is 7.27. The molecule has 0 amide bonds. The number of rotatable bonds is 5. The maximum absolute atomic E-state index is 12.5. The number of hydrogen-bond acceptors (Lipinski definition) is 7. The van der Waals surface area contributed by atoms with Crippen LogP contribution in [0, 0.1) is 10.1 Å². The second-order valence-electron chi connectivity index (χ2n) is 5.45. The van der Waals surface area contributed by atoms with Gasteiger partial charge in [0.25, 0.3) is 15.7 Å². The van der Waals surface area contributed by atoms with Crippen molar-refractivity contribution in [3.05, 3.63) is 51.4 Å². The van der Waals surface area contributed by atoms with Gasteiger partial charge in [-0.3, -0.25) is 14.9 Å². The van der Waals surface area contributed by atoms with Crippen LogP contribution in [-0.4, -0.2) is 50.1 Å². The number of hydrogen-bond donors (Lipinski definition) is 0. The number of anilines is 1. The molecule has 2 aromatic rings. The van der Waals surface area contributed by atoms with Gasteiger partial charge in [0.05, 0.1) is 4.92 Å². The molecule has 3 rings (SSSR count). The predicted molar refractivity (Wildman–Crippen MR) is 93.8 cm³/mol. The summed E-state index contributed by atoms with van der Waals surface area (Å²) in [5.41, 5.74) is 0.470. The van der Waals surface area contributed by atoms with E-state index in [9.17, 15) is 23.3 Å². The Hall–Kier alpha value is -2.30. The average molecular weight is 381 g/mol. The van der Waals surface area contributed by atoms with Gasteiger partial charge in [0.1, 0.15) is 16.2 Å². The van der Waals surface area contributed by atoms with Crippen LogP contribution in [0.1, 0.15) is 10.4 Å². The first-order valence-corrected chi connectivity index (χ1v) is 9.77. The van der Waals surface area contributed by atoms with Crippen LogP contribution >= 0.6 is 11.3 Å². The summed E-state index contributed by atoms with van der Waals surface area (Å²) in [7, 11) is -3.52.